The van der Waals surface area contributed by atoms with E-state index in [4.69, 9.17) is 4.55 Å². The monoisotopic (exact) mass is 440 g/mol. The zero-order valence-electron chi connectivity index (χ0n) is 14.3. The van der Waals surface area contributed by atoms with E-state index in [1.54, 1.807) is 6.92 Å². The number of hydrogen-bond donors (Lipinski definition) is 4. The molecule has 2 bridgehead atoms. The summed E-state index contributed by atoms with van der Waals surface area (Å²) in [5.41, 5.74) is -0.303. The molecule has 2 aliphatic heterocycles. The van der Waals surface area contributed by atoms with Crippen molar-refractivity contribution in [1.29, 1.82) is 0 Å². The number of hydrogen-bond acceptors (Lipinski definition) is 8. The first-order chi connectivity index (χ1) is 13.0. The SMILES string of the molecule is CC1=CC(C(=O)NCc2cc(=O)c(O)cn2O)N2CC1N(OS(=O)(=O)O)C2=O.[NaH]. The third-order valence-corrected chi connectivity index (χ3v) is 4.69. The molecule has 2 atom stereocenters. The van der Waals surface area contributed by atoms with E-state index in [1.165, 1.54) is 6.08 Å². The zero-order chi connectivity index (χ0) is 20.8. The summed E-state index contributed by atoms with van der Waals surface area (Å²) in [6, 6.07) is -1.90. The van der Waals surface area contributed by atoms with Gasteiger partial charge in [-0.3, -0.25) is 14.1 Å². The van der Waals surface area contributed by atoms with Crippen LogP contribution in [0, 0.1) is 0 Å². The third kappa shape index (κ3) is 4.73. The Morgan fingerprint density at radius 2 is 2.03 bits per heavy atom. The van der Waals surface area contributed by atoms with Crippen molar-refractivity contribution in [2.24, 2.45) is 0 Å². The molecule has 13 nitrogen and oxygen atoms in total. The van der Waals surface area contributed by atoms with Crippen molar-refractivity contribution >= 4 is 51.9 Å². The van der Waals surface area contributed by atoms with Gasteiger partial charge >= 0.3 is 46.0 Å². The van der Waals surface area contributed by atoms with Crippen LogP contribution in [0.5, 0.6) is 5.75 Å². The second-order valence-corrected chi connectivity index (χ2v) is 7.22. The van der Waals surface area contributed by atoms with Crippen LogP contribution in [0.4, 0.5) is 4.79 Å². The molecule has 4 N–H and O–H groups in total. The summed E-state index contributed by atoms with van der Waals surface area (Å²) in [5, 5.41) is 21.8. The maximum absolute atomic E-state index is 12.5. The number of rotatable bonds is 5. The molecule has 0 aliphatic carbocycles. The molecular weight excluding hydrogens is 423 g/mol. The quantitative estimate of drug-likeness (QED) is 0.173. The Hall–Kier alpha value is -2.10. The van der Waals surface area contributed by atoms with Crippen molar-refractivity contribution < 1.29 is 37.2 Å². The van der Waals surface area contributed by atoms with Gasteiger partial charge in [0.2, 0.25) is 11.3 Å². The molecular formula is C14H17N4NaO9S. The summed E-state index contributed by atoms with van der Waals surface area (Å²) >= 11 is 0. The van der Waals surface area contributed by atoms with Gasteiger partial charge < -0.3 is 20.5 Å². The number of aromatic hydroxyl groups is 1. The second kappa shape index (κ2) is 8.33. The van der Waals surface area contributed by atoms with Gasteiger partial charge in [0, 0.05) is 6.07 Å². The summed E-state index contributed by atoms with van der Waals surface area (Å²) in [7, 11) is -4.93. The van der Waals surface area contributed by atoms with E-state index in [-0.39, 0.29) is 48.3 Å². The number of pyridine rings is 1. The van der Waals surface area contributed by atoms with Crippen molar-refractivity contribution in [1.82, 2.24) is 20.0 Å². The fourth-order valence-electron chi connectivity index (χ4n) is 2.98. The fraction of sp³-hybridized carbons (Fsp3) is 0.357. The molecule has 3 rings (SSSR count). The van der Waals surface area contributed by atoms with Gasteiger partial charge in [-0.25, -0.2) is 4.79 Å². The Kier molecular flexibility index (Phi) is 6.66. The third-order valence-electron chi connectivity index (χ3n) is 4.34. The van der Waals surface area contributed by atoms with Crippen LogP contribution >= 0.6 is 0 Å². The van der Waals surface area contributed by atoms with Crippen molar-refractivity contribution in [3.8, 4) is 5.75 Å². The Morgan fingerprint density at radius 3 is 2.66 bits per heavy atom. The molecule has 1 aromatic rings. The first kappa shape index (κ1) is 23.2. The second-order valence-electron chi connectivity index (χ2n) is 6.21. The first-order valence-corrected chi connectivity index (χ1v) is 9.21. The predicted molar refractivity (Wildman–Crippen MR) is 96.5 cm³/mol. The Bertz CT molecular complexity index is 1040. The molecule has 2 aliphatic rings. The topological polar surface area (TPSA) is 179 Å². The zero-order valence-corrected chi connectivity index (χ0v) is 15.2. The maximum atomic E-state index is 12.5. The van der Waals surface area contributed by atoms with Crippen molar-refractivity contribution in [2.45, 2.75) is 25.6 Å². The number of hydroxylamine groups is 2. The molecule has 2 unspecified atom stereocenters. The van der Waals surface area contributed by atoms with E-state index >= 15 is 0 Å². The van der Waals surface area contributed by atoms with Gasteiger partial charge in [-0.2, -0.15) is 18.2 Å². The Morgan fingerprint density at radius 1 is 1.38 bits per heavy atom. The molecule has 3 heterocycles. The van der Waals surface area contributed by atoms with Crippen LogP contribution in [-0.2, 0) is 26.0 Å². The van der Waals surface area contributed by atoms with E-state index in [1.807, 2.05) is 0 Å². The number of nitrogens with zero attached hydrogens (tertiary/aromatic N) is 3. The van der Waals surface area contributed by atoms with Crippen LogP contribution in [0.15, 0.2) is 28.7 Å². The standard InChI is InChI=1S/C14H16N4O9S.Na.H/c1-7-2-9(16-5-10(7)18(14(16)22)27-28(24,25)26)13(21)15-4-8-3-11(19)12(20)6-17(8)23;;/h2-3,6,9-10,20,23H,4-5H2,1H3,(H,15,21)(H,24,25,26);;. The molecule has 29 heavy (non-hydrogen) atoms. The summed E-state index contributed by atoms with van der Waals surface area (Å²) < 4.78 is 35.5. The summed E-state index contributed by atoms with van der Waals surface area (Å²) in [5.74, 6) is -1.34. The average Bonchev–Trinajstić information content (AvgIpc) is 2.85. The van der Waals surface area contributed by atoms with Crippen LogP contribution in [0.1, 0.15) is 12.6 Å². The summed E-state index contributed by atoms with van der Waals surface area (Å²) in [4.78, 5) is 37.4. The number of amides is 3. The van der Waals surface area contributed by atoms with Gasteiger partial charge in [-0.1, -0.05) is 6.08 Å². The normalized spacial score (nSPS) is 20.9. The number of nitrogens with one attached hydrogen (secondary N) is 1. The molecule has 15 heteroatoms. The minimum atomic E-state index is -4.93. The molecule has 1 aromatic heterocycles. The molecule has 1 saturated heterocycles. The van der Waals surface area contributed by atoms with E-state index in [0.717, 1.165) is 17.2 Å². The van der Waals surface area contributed by atoms with Gasteiger partial charge in [0.05, 0.1) is 25.0 Å². The predicted octanol–water partition coefficient (Wildman–Crippen LogP) is -2.07. The van der Waals surface area contributed by atoms with Gasteiger partial charge in [0.15, 0.2) is 5.75 Å². The minimum absolute atomic E-state index is 0. The number of carbonyl (C=O) groups is 2. The van der Waals surface area contributed by atoms with Crippen LogP contribution in [-0.4, -0.2) is 98.1 Å². The fourth-order valence-corrected chi connectivity index (χ4v) is 3.35. The van der Waals surface area contributed by atoms with E-state index in [9.17, 15) is 33.1 Å². The van der Waals surface area contributed by atoms with Gasteiger partial charge in [-0.05, 0) is 12.5 Å². The van der Waals surface area contributed by atoms with Crippen LogP contribution < -0.4 is 10.7 Å². The summed E-state index contributed by atoms with van der Waals surface area (Å²) in [6.45, 7) is 1.23. The number of urea groups is 1. The number of carbonyl (C=O) groups excluding carboxylic acids is 2. The van der Waals surface area contributed by atoms with Crippen LogP contribution in [0.2, 0.25) is 0 Å². The van der Waals surface area contributed by atoms with Gasteiger partial charge in [-0.15, -0.1) is 4.28 Å². The molecule has 154 valence electrons. The van der Waals surface area contributed by atoms with Gasteiger partial charge in [0.1, 0.15) is 12.1 Å². The van der Waals surface area contributed by atoms with Crippen molar-refractivity contribution in [3.63, 3.8) is 0 Å². The number of aromatic nitrogens is 1. The molecule has 1 fully saturated rings. The Labute approximate surface area is 186 Å². The van der Waals surface area contributed by atoms with E-state index in [0.29, 0.717) is 15.4 Å². The van der Waals surface area contributed by atoms with Gasteiger partial charge in [0.25, 0.3) is 0 Å². The average molecular weight is 440 g/mol. The molecule has 0 saturated carbocycles. The molecule has 0 radical (unpaired) electrons. The van der Waals surface area contributed by atoms with E-state index in [2.05, 4.69) is 9.60 Å². The first-order valence-electron chi connectivity index (χ1n) is 7.84. The number of fused-ring (bicyclic) bond motifs is 2. The molecule has 0 aromatic carbocycles. The molecule has 0 spiro atoms. The summed E-state index contributed by atoms with van der Waals surface area (Å²) in [6.07, 6.45) is 2.20. The van der Waals surface area contributed by atoms with Crippen molar-refractivity contribution in [2.75, 3.05) is 6.54 Å². The van der Waals surface area contributed by atoms with E-state index < -0.39 is 45.6 Å². The van der Waals surface area contributed by atoms with Crippen LogP contribution in [0.25, 0.3) is 0 Å². The van der Waals surface area contributed by atoms with Crippen molar-refractivity contribution in [3.05, 3.63) is 39.8 Å². The van der Waals surface area contributed by atoms with Crippen LogP contribution in [0.3, 0.4) is 0 Å². The Balaban J connectivity index is 0.00000300. The molecule has 3 amide bonds.